The summed E-state index contributed by atoms with van der Waals surface area (Å²) in [5.41, 5.74) is -0.0150. The molecule has 0 saturated heterocycles. The zero-order chi connectivity index (χ0) is 18.8. The van der Waals surface area contributed by atoms with Gasteiger partial charge >= 0.3 is 11.7 Å². The Morgan fingerprint density at radius 3 is 2.81 bits per heavy atom. The lowest BCUT2D eigenvalue weighted by atomic mass is 10.1. The van der Waals surface area contributed by atoms with Crippen LogP contribution in [0.5, 0.6) is 0 Å². The Kier molecular flexibility index (Phi) is 5.03. The predicted molar refractivity (Wildman–Crippen MR) is 94.6 cm³/mol. The zero-order valence-corrected chi connectivity index (χ0v) is 15.1. The first-order valence-electron chi connectivity index (χ1n) is 8.17. The Bertz CT molecular complexity index is 974. The van der Waals surface area contributed by atoms with Gasteiger partial charge in [-0.3, -0.25) is 19.4 Å². The Morgan fingerprint density at radius 1 is 1.35 bits per heavy atom. The van der Waals surface area contributed by atoms with Crippen molar-refractivity contribution in [2.24, 2.45) is 0 Å². The fraction of sp³-hybridized carbons (Fsp3) is 0.438. The highest BCUT2D eigenvalue weighted by molar-refractivity contribution is 7.16. The van der Waals surface area contributed by atoms with E-state index in [-0.39, 0.29) is 18.0 Å². The number of aryl methyl sites for hydroxylation is 2. The van der Waals surface area contributed by atoms with E-state index in [1.165, 1.54) is 11.3 Å². The molecule has 3 N–H and O–H groups in total. The number of ether oxygens (including phenoxy) is 1. The summed E-state index contributed by atoms with van der Waals surface area (Å²) in [4.78, 5) is 57.1. The molecule has 0 saturated carbocycles. The monoisotopic (exact) mass is 378 g/mol. The van der Waals surface area contributed by atoms with Gasteiger partial charge < -0.3 is 15.0 Å². The molecule has 26 heavy (non-hydrogen) atoms. The van der Waals surface area contributed by atoms with Crippen molar-refractivity contribution >= 4 is 28.3 Å². The largest absolute Gasteiger partial charge is 0.465 e. The molecule has 0 aliphatic heterocycles. The van der Waals surface area contributed by atoms with E-state index < -0.39 is 23.1 Å². The number of nitrogens with one attached hydrogen (secondary N) is 3. The summed E-state index contributed by atoms with van der Waals surface area (Å²) in [5, 5.41) is 3.03. The van der Waals surface area contributed by atoms with Gasteiger partial charge in [0.1, 0.15) is 5.92 Å². The molecule has 1 amide bonds. The molecule has 1 aliphatic carbocycles. The normalized spacial score (nSPS) is 15.5. The molecule has 3 rings (SSSR count). The minimum atomic E-state index is -0.613. The number of H-pyrrole nitrogens is 2. The van der Waals surface area contributed by atoms with Gasteiger partial charge in [-0.2, -0.15) is 0 Å². The van der Waals surface area contributed by atoms with Crippen molar-refractivity contribution in [1.29, 1.82) is 0 Å². The summed E-state index contributed by atoms with van der Waals surface area (Å²) in [5.74, 6) is -1.12. The average molecular weight is 378 g/mol. The molecule has 138 valence electrons. The Hall–Kier alpha value is -2.75. The second-order valence-corrected chi connectivity index (χ2v) is 6.99. The van der Waals surface area contributed by atoms with Gasteiger partial charge in [-0.1, -0.05) is 0 Å². The number of fused-ring (bicyclic) bond motifs is 1. The van der Waals surface area contributed by atoms with E-state index in [4.69, 9.17) is 4.74 Å². The van der Waals surface area contributed by atoms with Crippen LogP contribution in [-0.4, -0.2) is 33.4 Å². The third-order valence-corrected chi connectivity index (χ3v) is 5.17. The number of carbonyl (C=O) groups is 2. The molecular weight excluding hydrogens is 360 g/mol. The Balaban J connectivity index is 1.72. The highest BCUT2D eigenvalue weighted by Gasteiger charge is 2.33. The van der Waals surface area contributed by atoms with E-state index in [0.717, 1.165) is 4.88 Å². The summed E-state index contributed by atoms with van der Waals surface area (Å²) in [6.07, 6.45) is 1.18. The molecule has 0 fully saturated rings. The van der Waals surface area contributed by atoms with Gasteiger partial charge in [0.25, 0.3) is 5.56 Å². The second kappa shape index (κ2) is 7.24. The van der Waals surface area contributed by atoms with Gasteiger partial charge in [-0.25, -0.2) is 9.78 Å². The standard InChI is InChI=1S/C16H18N4O5S/c1-3-25-14(23)8-4-5-10-12(8)19-16(26-10)18-11(21)6-9-7(2)17-15(24)20-13(9)22/h8H,3-6H2,1-2H3,(H,18,19,21)(H2,17,20,22,24). The third-order valence-electron chi connectivity index (χ3n) is 4.13. The lowest BCUT2D eigenvalue weighted by Crippen LogP contribution is -2.29. The number of rotatable bonds is 5. The smallest absolute Gasteiger partial charge is 0.325 e. The summed E-state index contributed by atoms with van der Waals surface area (Å²) >= 11 is 1.32. The predicted octanol–water partition coefficient (Wildman–Crippen LogP) is 0.602. The van der Waals surface area contributed by atoms with Gasteiger partial charge in [-0.15, -0.1) is 11.3 Å². The molecule has 0 aromatic carbocycles. The molecule has 9 nitrogen and oxygen atoms in total. The maximum atomic E-state index is 12.2. The number of nitrogens with zero attached hydrogens (tertiary/aromatic N) is 1. The number of esters is 1. The number of hydrogen-bond donors (Lipinski definition) is 3. The van der Waals surface area contributed by atoms with Crippen LogP contribution in [0.1, 0.15) is 41.1 Å². The molecule has 0 spiro atoms. The topological polar surface area (TPSA) is 134 Å². The number of thiazole rings is 1. The number of aromatic amines is 2. The van der Waals surface area contributed by atoms with Crippen molar-refractivity contribution in [2.75, 3.05) is 11.9 Å². The van der Waals surface area contributed by atoms with Gasteiger partial charge in [-0.05, 0) is 26.7 Å². The van der Waals surface area contributed by atoms with Crippen molar-refractivity contribution in [1.82, 2.24) is 15.0 Å². The van der Waals surface area contributed by atoms with Crippen LogP contribution in [0.3, 0.4) is 0 Å². The highest BCUT2D eigenvalue weighted by Crippen LogP contribution is 2.38. The van der Waals surface area contributed by atoms with Gasteiger partial charge in [0, 0.05) is 16.1 Å². The Morgan fingerprint density at radius 2 is 2.12 bits per heavy atom. The maximum absolute atomic E-state index is 12.2. The fourth-order valence-electron chi connectivity index (χ4n) is 2.92. The number of carbonyl (C=O) groups excluding carboxylic acids is 2. The van der Waals surface area contributed by atoms with Crippen molar-refractivity contribution in [3.05, 3.63) is 42.7 Å². The first kappa shape index (κ1) is 18.1. The first-order chi connectivity index (χ1) is 12.4. The molecule has 1 unspecified atom stereocenters. The average Bonchev–Trinajstić information content (AvgIpc) is 3.10. The van der Waals surface area contributed by atoms with Gasteiger partial charge in [0.15, 0.2) is 5.13 Å². The van der Waals surface area contributed by atoms with Crippen molar-refractivity contribution in [3.63, 3.8) is 0 Å². The van der Waals surface area contributed by atoms with Crippen LogP contribution in [-0.2, 0) is 27.2 Å². The van der Waals surface area contributed by atoms with Crippen LogP contribution in [0.4, 0.5) is 5.13 Å². The minimum absolute atomic E-state index is 0.190. The van der Waals surface area contributed by atoms with Gasteiger partial charge in [0.05, 0.1) is 18.7 Å². The molecule has 2 aromatic rings. The molecule has 1 aliphatic rings. The highest BCUT2D eigenvalue weighted by atomic mass is 32.1. The molecule has 1 atom stereocenters. The van der Waals surface area contributed by atoms with Crippen LogP contribution in [0, 0.1) is 6.92 Å². The van der Waals surface area contributed by atoms with E-state index in [9.17, 15) is 19.2 Å². The van der Waals surface area contributed by atoms with Crippen LogP contribution in [0.2, 0.25) is 0 Å². The number of hydrogen-bond acceptors (Lipinski definition) is 7. The zero-order valence-electron chi connectivity index (χ0n) is 14.3. The number of aromatic nitrogens is 3. The van der Waals surface area contributed by atoms with E-state index in [1.54, 1.807) is 13.8 Å². The summed E-state index contributed by atoms with van der Waals surface area (Å²) in [7, 11) is 0. The van der Waals surface area contributed by atoms with Crippen molar-refractivity contribution in [3.8, 4) is 0 Å². The first-order valence-corrected chi connectivity index (χ1v) is 8.98. The third kappa shape index (κ3) is 3.59. The van der Waals surface area contributed by atoms with Crippen LogP contribution in [0.15, 0.2) is 9.59 Å². The number of anilines is 1. The summed E-state index contributed by atoms with van der Waals surface area (Å²) < 4.78 is 5.06. The molecular formula is C16H18N4O5S. The molecule has 0 bridgehead atoms. The van der Waals surface area contributed by atoms with E-state index in [1.807, 2.05) is 0 Å². The molecule has 2 aromatic heterocycles. The number of amides is 1. The van der Waals surface area contributed by atoms with Gasteiger partial charge in [0.2, 0.25) is 5.91 Å². The Labute approximate surface area is 151 Å². The van der Waals surface area contributed by atoms with Crippen molar-refractivity contribution < 1.29 is 14.3 Å². The lowest BCUT2D eigenvalue weighted by Gasteiger charge is -2.08. The van der Waals surface area contributed by atoms with E-state index in [2.05, 4.69) is 20.3 Å². The minimum Gasteiger partial charge on any atom is -0.465 e. The van der Waals surface area contributed by atoms with Crippen molar-refractivity contribution in [2.45, 2.75) is 39.0 Å². The lowest BCUT2D eigenvalue weighted by molar-refractivity contribution is -0.145. The molecule has 0 radical (unpaired) electrons. The van der Waals surface area contributed by atoms with Crippen LogP contribution in [0.25, 0.3) is 0 Å². The fourth-order valence-corrected chi connectivity index (χ4v) is 3.97. The van der Waals surface area contributed by atoms with Crippen LogP contribution < -0.4 is 16.6 Å². The van der Waals surface area contributed by atoms with E-state index in [0.29, 0.717) is 36.0 Å². The molecule has 2 heterocycles. The summed E-state index contributed by atoms with van der Waals surface area (Å²) in [6, 6.07) is 0. The SMILES string of the molecule is CCOC(=O)C1CCc2sc(NC(=O)Cc3c(C)[nH]c(=O)[nH]c3=O)nc21. The molecule has 10 heteroatoms. The van der Waals surface area contributed by atoms with E-state index >= 15 is 0 Å². The maximum Gasteiger partial charge on any atom is 0.325 e. The quantitative estimate of drug-likeness (QED) is 0.653. The summed E-state index contributed by atoms with van der Waals surface area (Å²) in [6.45, 7) is 3.62. The van der Waals surface area contributed by atoms with Crippen LogP contribution >= 0.6 is 11.3 Å². The second-order valence-electron chi connectivity index (χ2n) is 5.91.